The van der Waals surface area contributed by atoms with Gasteiger partial charge in [0, 0.05) is 11.5 Å². The van der Waals surface area contributed by atoms with E-state index in [0.29, 0.717) is 12.2 Å². The molecule has 3 rings (SSSR count). The van der Waals surface area contributed by atoms with Crippen LogP contribution in [0.15, 0.2) is 6.33 Å². The van der Waals surface area contributed by atoms with E-state index in [1.165, 1.54) is 6.33 Å². The van der Waals surface area contributed by atoms with E-state index >= 15 is 0 Å². The molecule has 2 heterocycles. The highest BCUT2D eigenvalue weighted by Crippen LogP contribution is 2.28. The summed E-state index contributed by atoms with van der Waals surface area (Å²) in [7, 11) is -3.67. The zero-order valence-corrected chi connectivity index (χ0v) is 14.0. The Labute approximate surface area is 148 Å². The lowest BCUT2D eigenvalue weighted by Gasteiger charge is -2.12. The summed E-state index contributed by atoms with van der Waals surface area (Å²) < 4.78 is 98.7. The number of nitrogens with zero attached hydrogens (tertiary/aromatic N) is 3. The van der Waals surface area contributed by atoms with Crippen molar-refractivity contribution in [2.24, 2.45) is 5.92 Å². The number of hydrogen-bond acceptors (Lipinski definition) is 1. The molecule has 3 nitrogen and oxygen atoms in total. The minimum atomic E-state index is -3.67. The van der Waals surface area contributed by atoms with Gasteiger partial charge in [-0.25, -0.2) is 17.7 Å². The van der Waals surface area contributed by atoms with Crippen molar-refractivity contribution in [3.8, 4) is 5.69 Å². The Morgan fingerprint density at radius 1 is 1.00 bits per heavy atom. The Balaban J connectivity index is 0.000000666. The van der Waals surface area contributed by atoms with Gasteiger partial charge in [0.2, 0.25) is 41.1 Å². The summed E-state index contributed by atoms with van der Waals surface area (Å²) in [5.41, 5.74) is -1.05. The van der Waals surface area contributed by atoms with Crippen molar-refractivity contribution in [3.63, 3.8) is 0 Å². The van der Waals surface area contributed by atoms with Crippen molar-refractivity contribution in [3.05, 3.63) is 41.2 Å². The molecule has 13 heteroatoms. The molecule has 1 aliphatic heterocycles. The molecule has 1 atom stereocenters. The first-order valence-electron chi connectivity index (χ1n) is 7.49. The van der Waals surface area contributed by atoms with Gasteiger partial charge in [-0.05, 0) is 12.3 Å². The zero-order valence-electron chi connectivity index (χ0n) is 14.0. The van der Waals surface area contributed by atoms with Crippen molar-refractivity contribution < 1.29 is 44.2 Å². The monoisotopic (exact) mass is 405 g/mol. The fourth-order valence-corrected chi connectivity index (χ4v) is 2.82. The molecule has 27 heavy (non-hydrogen) atoms. The Morgan fingerprint density at radius 2 is 1.44 bits per heavy atom. The molecule has 0 radical (unpaired) electrons. The van der Waals surface area contributed by atoms with Gasteiger partial charge < -0.3 is 4.70 Å². The molecule has 150 valence electrons. The Bertz CT molecular complexity index is 778. The average molecular weight is 405 g/mol. The minimum absolute atomic E-state index is 0. The highest BCUT2D eigenvalue weighted by atomic mass is 19.4. The molecule has 1 aliphatic rings. The Morgan fingerprint density at radius 3 is 1.89 bits per heavy atom. The number of aromatic nitrogens is 3. The molecule has 1 aromatic carbocycles. The van der Waals surface area contributed by atoms with E-state index < -0.39 is 42.3 Å². The highest BCUT2D eigenvalue weighted by molar-refractivity contribution is 6.33. The molecular weight excluding hydrogens is 392 g/mol. The number of hydrogen-bond donors (Lipinski definition) is 0. The molecule has 0 N–H and O–H groups in total. The Kier molecular flexibility index (Phi) is 7.32. The predicted octanol–water partition coefficient (Wildman–Crippen LogP) is 0.882. The minimum Gasteiger partial charge on any atom is -1.00 e. The smallest absolute Gasteiger partial charge is 0.762 e. The molecule has 0 fully saturated rings. The maximum Gasteiger partial charge on any atom is 0.762 e. The van der Waals surface area contributed by atoms with Crippen molar-refractivity contribution >= 4 is 7.54 Å². The molecular formula is C14H13BF9N3. The third kappa shape index (κ3) is 4.38. The first-order valence-corrected chi connectivity index (χ1v) is 7.49. The van der Waals surface area contributed by atoms with Crippen molar-refractivity contribution in [2.75, 3.05) is 0 Å². The van der Waals surface area contributed by atoms with Crippen LogP contribution in [0.2, 0.25) is 0 Å². The van der Waals surface area contributed by atoms with Crippen LogP contribution in [0, 0.1) is 35.0 Å². The predicted molar refractivity (Wildman–Crippen MR) is 74.8 cm³/mol. The average Bonchev–Trinajstić information content (AvgIpc) is 3.10. The van der Waals surface area contributed by atoms with Crippen molar-refractivity contribution in [2.45, 2.75) is 32.7 Å². The molecule has 0 spiro atoms. The molecule has 0 saturated heterocycles. The topological polar surface area (TPSA) is 21.7 Å². The summed E-state index contributed by atoms with van der Waals surface area (Å²) >= 11 is 0. The van der Waals surface area contributed by atoms with E-state index in [4.69, 9.17) is 0 Å². The van der Waals surface area contributed by atoms with Crippen molar-refractivity contribution in [1.29, 1.82) is 0 Å². The van der Waals surface area contributed by atoms with E-state index in [1.807, 2.05) is 13.8 Å². The molecule has 0 amide bonds. The number of benzene rings is 1. The maximum atomic E-state index is 13.8. The SMILES string of the molecule is CC(C)[C@H]1CCc2nn(-c3c(F)c(F)c(F)c(F)c3F)c[n+]21.FB(F)F.[F-]. The van der Waals surface area contributed by atoms with E-state index in [1.54, 1.807) is 4.57 Å². The van der Waals surface area contributed by atoms with Crippen LogP contribution in [-0.4, -0.2) is 17.3 Å². The number of aryl methyl sites for hydroxylation is 1. The second-order valence-electron chi connectivity index (χ2n) is 5.90. The van der Waals surface area contributed by atoms with Gasteiger partial charge in [-0.1, -0.05) is 18.5 Å². The van der Waals surface area contributed by atoms with Gasteiger partial charge in [0.15, 0.2) is 0 Å². The Hall–Kier alpha value is -2.21. The summed E-state index contributed by atoms with van der Waals surface area (Å²) in [4.78, 5) is 0. The number of halogens is 9. The van der Waals surface area contributed by atoms with Gasteiger partial charge in [0.05, 0.1) is 6.04 Å². The summed E-state index contributed by atoms with van der Waals surface area (Å²) in [5.74, 6) is -9.09. The van der Waals surface area contributed by atoms with Gasteiger partial charge in [-0.2, -0.15) is 8.78 Å². The van der Waals surface area contributed by atoms with Crippen LogP contribution in [-0.2, 0) is 6.42 Å². The third-order valence-electron chi connectivity index (χ3n) is 3.96. The van der Waals surface area contributed by atoms with Crippen LogP contribution >= 0.6 is 0 Å². The summed E-state index contributed by atoms with van der Waals surface area (Å²) in [6.07, 6.45) is 2.70. The number of rotatable bonds is 2. The van der Waals surface area contributed by atoms with Gasteiger partial charge >= 0.3 is 7.54 Å². The van der Waals surface area contributed by atoms with E-state index in [-0.39, 0.29) is 16.7 Å². The van der Waals surface area contributed by atoms with Gasteiger partial charge in [-0.3, -0.25) is 12.9 Å². The summed E-state index contributed by atoms with van der Waals surface area (Å²) in [6, 6.07) is 0.0880. The van der Waals surface area contributed by atoms with Gasteiger partial charge in [-0.15, -0.1) is 0 Å². The summed E-state index contributed by atoms with van der Waals surface area (Å²) in [6.45, 7) is 3.98. The van der Waals surface area contributed by atoms with Crippen LogP contribution < -0.4 is 9.27 Å². The molecule has 0 saturated carbocycles. The first-order chi connectivity index (χ1) is 12.1. The maximum absolute atomic E-state index is 13.8. The zero-order chi connectivity index (χ0) is 19.8. The largest absolute Gasteiger partial charge is 1.00 e. The third-order valence-corrected chi connectivity index (χ3v) is 3.96. The van der Waals surface area contributed by atoms with Crippen LogP contribution in [0.4, 0.5) is 34.9 Å². The van der Waals surface area contributed by atoms with Crippen molar-refractivity contribution in [1.82, 2.24) is 9.78 Å². The van der Waals surface area contributed by atoms with Gasteiger partial charge in [0.25, 0.3) is 5.82 Å². The molecule has 2 aromatic rings. The number of fused-ring (bicyclic) bond motifs is 1. The normalized spacial score (nSPS) is 15.1. The van der Waals surface area contributed by atoms with Crippen LogP contribution in [0.5, 0.6) is 0 Å². The second kappa shape index (κ2) is 8.66. The first kappa shape index (κ1) is 22.8. The van der Waals surface area contributed by atoms with Crippen LogP contribution in [0.3, 0.4) is 0 Å². The van der Waals surface area contributed by atoms with Crippen LogP contribution in [0.25, 0.3) is 5.69 Å². The fourth-order valence-electron chi connectivity index (χ4n) is 2.82. The molecule has 0 unspecified atom stereocenters. The molecule has 0 bridgehead atoms. The quantitative estimate of drug-likeness (QED) is 0.239. The molecule has 0 aliphatic carbocycles. The fraction of sp³-hybridized carbons (Fsp3) is 0.429. The summed E-state index contributed by atoms with van der Waals surface area (Å²) in [5, 5.41) is 3.97. The second-order valence-corrected chi connectivity index (χ2v) is 5.90. The van der Waals surface area contributed by atoms with E-state index in [0.717, 1.165) is 11.1 Å². The lowest BCUT2D eigenvalue weighted by molar-refractivity contribution is -0.723. The standard InChI is InChI=1S/C14H13F5N3.BF3.FH/c1-6(2)7-3-4-8-20-22(5-21(7)8)14-12(18)10(16)9(15)11(17)13(14)19;2-1(3)4;/h5-7H,3-4H2,1-2H3;;1H/q+1;;/p-1/t7-;;/m1../s1. The lowest BCUT2D eigenvalue weighted by Crippen LogP contribution is -3.00. The van der Waals surface area contributed by atoms with Gasteiger partial charge in [0.1, 0.15) is 0 Å². The molecule has 1 aromatic heterocycles. The van der Waals surface area contributed by atoms with E-state index in [2.05, 4.69) is 5.10 Å². The lowest BCUT2D eigenvalue weighted by atomic mass is 10.0. The van der Waals surface area contributed by atoms with E-state index in [9.17, 15) is 34.9 Å². The highest BCUT2D eigenvalue weighted by Gasteiger charge is 2.37. The van der Waals surface area contributed by atoms with Crippen LogP contribution in [0.1, 0.15) is 32.1 Å².